The number of hydrogen-bond donors (Lipinski definition) is 2. The normalized spacial score (nSPS) is 12.3. The van der Waals surface area contributed by atoms with E-state index >= 15 is 0 Å². The molecule has 1 atom stereocenters. The van der Waals surface area contributed by atoms with Crippen LogP contribution < -0.4 is 10.6 Å². The highest BCUT2D eigenvalue weighted by atomic mass is 35.5. The van der Waals surface area contributed by atoms with Crippen LogP contribution in [0.2, 0.25) is 5.02 Å². The van der Waals surface area contributed by atoms with E-state index in [1.54, 1.807) is 24.3 Å². The van der Waals surface area contributed by atoms with Crippen LogP contribution in [-0.2, 0) is 10.2 Å². The molecule has 2 aromatic carbocycles. The SMILES string of the molecule is CC(NC(=O)CNC(=O)c1ccc(C(C)(C)C)cc1)c1ccc(Cl)cc1. The second-order valence-electron chi connectivity index (χ2n) is 7.35. The van der Waals surface area contributed by atoms with Crippen LogP contribution in [0.1, 0.15) is 55.2 Å². The Morgan fingerprint density at radius 1 is 1.00 bits per heavy atom. The maximum absolute atomic E-state index is 12.2. The van der Waals surface area contributed by atoms with E-state index in [4.69, 9.17) is 11.6 Å². The molecule has 0 bridgehead atoms. The summed E-state index contributed by atoms with van der Waals surface area (Å²) in [5.41, 5.74) is 2.68. The first kappa shape index (κ1) is 20.0. The third-order valence-electron chi connectivity index (χ3n) is 4.17. The van der Waals surface area contributed by atoms with E-state index in [0.717, 1.165) is 11.1 Å². The molecule has 0 heterocycles. The van der Waals surface area contributed by atoms with Crippen LogP contribution in [0, 0.1) is 0 Å². The average molecular weight is 373 g/mol. The molecular formula is C21H25ClN2O2. The predicted octanol–water partition coefficient (Wildman–Crippen LogP) is 4.24. The average Bonchev–Trinajstić information content (AvgIpc) is 2.59. The standard InChI is InChI=1S/C21H25ClN2O2/c1-14(15-7-11-18(22)12-8-15)24-19(25)13-23-20(26)16-5-9-17(10-6-16)21(2,3)4/h5-12,14H,13H2,1-4H3,(H,23,26)(H,24,25). The Morgan fingerprint density at radius 2 is 1.58 bits per heavy atom. The summed E-state index contributed by atoms with van der Waals surface area (Å²) < 4.78 is 0. The molecule has 26 heavy (non-hydrogen) atoms. The minimum absolute atomic E-state index is 0.0344. The lowest BCUT2D eigenvalue weighted by atomic mass is 9.87. The van der Waals surface area contributed by atoms with E-state index in [0.29, 0.717) is 10.6 Å². The van der Waals surface area contributed by atoms with Crippen molar-refractivity contribution in [2.24, 2.45) is 0 Å². The van der Waals surface area contributed by atoms with Crippen LogP contribution in [0.3, 0.4) is 0 Å². The van der Waals surface area contributed by atoms with Gasteiger partial charge in [0.2, 0.25) is 5.91 Å². The zero-order valence-corrected chi connectivity index (χ0v) is 16.4. The van der Waals surface area contributed by atoms with Gasteiger partial charge in [-0.2, -0.15) is 0 Å². The Bertz CT molecular complexity index is 762. The zero-order valence-electron chi connectivity index (χ0n) is 15.6. The first-order chi connectivity index (χ1) is 12.2. The second-order valence-corrected chi connectivity index (χ2v) is 7.79. The van der Waals surface area contributed by atoms with Gasteiger partial charge in [0.1, 0.15) is 0 Å². The summed E-state index contributed by atoms with van der Waals surface area (Å²) in [6.45, 7) is 8.17. The fraction of sp³-hybridized carbons (Fsp3) is 0.333. The third-order valence-corrected chi connectivity index (χ3v) is 4.42. The van der Waals surface area contributed by atoms with Crippen LogP contribution in [0.25, 0.3) is 0 Å². The number of hydrogen-bond acceptors (Lipinski definition) is 2. The van der Waals surface area contributed by atoms with Gasteiger partial charge in [-0.1, -0.05) is 56.6 Å². The molecule has 0 saturated heterocycles. The zero-order chi connectivity index (χ0) is 19.3. The Labute approximate surface area is 159 Å². The fourth-order valence-corrected chi connectivity index (χ4v) is 2.64. The topological polar surface area (TPSA) is 58.2 Å². The van der Waals surface area contributed by atoms with E-state index in [1.807, 2.05) is 31.2 Å². The molecule has 5 heteroatoms. The van der Waals surface area contributed by atoms with E-state index in [2.05, 4.69) is 31.4 Å². The molecule has 0 saturated carbocycles. The first-order valence-corrected chi connectivity index (χ1v) is 8.98. The van der Waals surface area contributed by atoms with Gasteiger partial charge in [-0.05, 0) is 47.7 Å². The van der Waals surface area contributed by atoms with Crippen molar-refractivity contribution in [1.82, 2.24) is 10.6 Å². The Kier molecular flexibility index (Phi) is 6.43. The molecule has 138 valence electrons. The van der Waals surface area contributed by atoms with Crippen LogP contribution in [0.4, 0.5) is 0 Å². The number of rotatable bonds is 5. The predicted molar refractivity (Wildman–Crippen MR) is 105 cm³/mol. The number of carbonyl (C=O) groups excluding carboxylic acids is 2. The summed E-state index contributed by atoms with van der Waals surface area (Å²) in [6, 6.07) is 14.6. The molecule has 1 unspecified atom stereocenters. The maximum Gasteiger partial charge on any atom is 0.251 e. The molecule has 0 aromatic heterocycles. The fourth-order valence-electron chi connectivity index (χ4n) is 2.51. The van der Waals surface area contributed by atoms with Gasteiger partial charge in [-0.15, -0.1) is 0 Å². The van der Waals surface area contributed by atoms with Crippen LogP contribution in [-0.4, -0.2) is 18.4 Å². The molecule has 4 nitrogen and oxygen atoms in total. The lowest BCUT2D eigenvalue weighted by molar-refractivity contribution is -0.120. The Hall–Kier alpha value is -2.33. The van der Waals surface area contributed by atoms with E-state index in [1.165, 1.54) is 0 Å². The van der Waals surface area contributed by atoms with Crippen molar-refractivity contribution >= 4 is 23.4 Å². The molecule has 2 amide bonds. The number of benzene rings is 2. The van der Waals surface area contributed by atoms with Gasteiger partial charge in [0.15, 0.2) is 0 Å². The van der Waals surface area contributed by atoms with Crippen molar-refractivity contribution in [3.63, 3.8) is 0 Å². The molecule has 0 aliphatic rings. The highest BCUT2D eigenvalue weighted by molar-refractivity contribution is 6.30. The van der Waals surface area contributed by atoms with Gasteiger partial charge < -0.3 is 10.6 Å². The molecule has 2 rings (SSSR count). The summed E-state index contributed by atoms with van der Waals surface area (Å²) in [7, 11) is 0. The van der Waals surface area contributed by atoms with E-state index in [9.17, 15) is 9.59 Å². The minimum atomic E-state index is -0.264. The highest BCUT2D eigenvalue weighted by Gasteiger charge is 2.15. The van der Waals surface area contributed by atoms with Crippen molar-refractivity contribution < 1.29 is 9.59 Å². The molecule has 0 aliphatic carbocycles. The van der Waals surface area contributed by atoms with Crippen molar-refractivity contribution in [1.29, 1.82) is 0 Å². The summed E-state index contributed by atoms with van der Waals surface area (Å²) in [6.07, 6.45) is 0. The summed E-state index contributed by atoms with van der Waals surface area (Å²) in [5, 5.41) is 6.16. The lowest BCUT2D eigenvalue weighted by Crippen LogP contribution is -2.38. The quantitative estimate of drug-likeness (QED) is 0.824. The third kappa shape index (κ3) is 5.60. The van der Waals surface area contributed by atoms with Gasteiger partial charge in [0, 0.05) is 10.6 Å². The van der Waals surface area contributed by atoms with Gasteiger partial charge in [0.05, 0.1) is 12.6 Å². The molecular weight excluding hydrogens is 348 g/mol. The Morgan fingerprint density at radius 3 is 2.12 bits per heavy atom. The van der Waals surface area contributed by atoms with Gasteiger partial charge in [-0.3, -0.25) is 9.59 Å². The van der Waals surface area contributed by atoms with Crippen molar-refractivity contribution in [2.45, 2.75) is 39.2 Å². The van der Waals surface area contributed by atoms with Crippen molar-refractivity contribution in [3.05, 3.63) is 70.2 Å². The number of carbonyl (C=O) groups is 2. The molecule has 0 fully saturated rings. The lowest BCUT2D eigenvalue weighted by Gasteiger charge is -2.19. The van der Waals surface area contributed by atoms with Gasteiger partial charge in [0.25, 0.3) is 5.91 Å². The van der Waals surface area contributed by atoms with Crippen molar-refractivity contribution in [2.75, 3.05) is 6.54 Å². The molecule has 0 aliphatic heterocycles. The Balaban J connectivity index is 1.86. The second kappa shape index (κ2) is 8.37. The van der Waals surface area contributed by atoms with Gasteiger partial charge >= 0.3 is 0 Å². The largest absolute Gasteiger partial charge is 0.348 e. The monoisotopic (exact) mass is 372 g/mol. The van der Waals surface area contributed by atoms with Crippen LogP contribution in [0.15, 0.2) is 48.5 Å². The number of amides is 2. The van der Waals surface area contributed by atoms with Gasteiger partial charge in [-0.25, -0.2) is 0 Å². The smallest absolute Gasteiger partial charge is 0.251 e. The molecule has 0 radical (unpaired) electrons. The molecule has 2 N–H and O–H groups in total. The van der Waals surface area contributed by atoms with Crippen molar-refractivity contribution in [3.8, 4) is 0 Å². The summed E-state index contributed by atoms with van der Waals surface area (Å²) in [5.74, 6) is -0.508. The maximum atomic E-state index is 12.2. The minimum Gasteiger partial charge on any atom is -0.348 e. The van der Waals surface area contributed by atoms with E-state index < -0.39 is 0 Å². The first-order valence-electron chi connectivity index (χ1n) is 8.60. The summed E-state index contributed by atoms with van der Waals surface area (Å²) in [4.78, 5) is 24.3. The molecule has 2 aromatic rings. The van der Waals surface area contributed by atoms with E-state index in [-0.39, 0.29) is 29.8 Å². The summed E-state index contributed by atoms with van der Waals surface area (Å²) >= 11 is 5.86. The number of halogens is 1. The number of nitrogens with one attached hydrogen (secondary N) is 2. The van der Waals surface area contributed by atoms with Crippen LogP contribution >= 0.6 is 11.6 Å². The molecule has 0 spiro atoms. The van der Waals surface area contributed by atoms with Crippen LogP contribution in [0.5, 0.6) is 0 Å². The highest BCUT2D eigenvalue weighted by Crippen LogP contribution is 2.22.